The molecule has 4 aliphatic rings. The van der Waals surface area contributed by atoms with Gasteiger partial charge in [-0.05, 0) is 84.9 Å². The largest absolute Gasteiger partial charge is 0.393 e. The molecule has 4 fully saturated rings. The second kappa shape index (κ2) is 6.76. The summed E-state index contributed by atoms with van der Waals surface area (Å²) in [7, 11) is 0. The molecule has 0 aromatic heterocycles. The van der Waals surface area contributed by atoms with Gasteiger partial charge in [-0.2, -0.15) is 0 Å². The van der Waals surface area contributed by atoms with Crippen LogP contribution < -0.4 is 0 Å². The van der Waals surface area contributed by atoms with Gasteiger partial charge in [0.25, 0.3) is 0 Å². The fourth-order valence-corrected chi connectivity index (χ4v) is 8.84. The molecule has 4 aliphatic carbocycles. The van der Waals surface area contributed by atoms with Gasteiger partial charge in [0.2, 0.25) is 0 Å². The second-order valence-corrected chi connectivity index (χ2v) is 11.1. The van der Waals surface area contributed by atoms with Gasteiger partial charge in [-0.3, -0.25) is 0 Å². The van der Waals surface area contributed by atoms with E-state index in [1.165, 1.54) is 51.4 Å². The first-order valence-electron chi connectivity index (χ1n) is 11.7. The fraction of sp³-hybridized carbons (Fsp3) is 1.00. The lowest BCUT2D eigenvalue weighted by Gasteiger charge is -2.63. The number of hydrogen-bond donors (Lipinski definition) is 2. The zero-order chi connectivity index (χ0) is 18.7. The third-order valence-corrected chi connectivity index (χ3v) is 10.2. The molecule has 26 heavy (non-hydrogen) atoms. The van der Waals surface area contributed by atoms with Gasteiger partial charge in [0.1, 0.15) is 0 Å². The van der Waals surface area contributed by atoms with Crippen LogP contribution in [0.15, 0.2) is 0 Å². The van der Waals surface area contributed by atoms with Crippen LogP contribution in [-0.2, 0) is 0 Å². The summed E-state index contributed by atoms with van der Waals surface area (Å²) in [6.45, 7) is 9.61. The molecule has 0 aromatic rings. The van der Waals surface area contributed by atoms with Crippen molar-refractivity contribution < 1.29 is 10.2 Å². The average Bonchev–Trinajstić information content (AvgIpc) is 2.95. The summed E-state index contributed by atoms with van der Waals surface area (Å²) in [5.74, 6) is 3.49. The summed E-state index contributed by atoms with van der Waals surface area (Å²) >= 11 is 0. The summed E-state index contributed by atoms with van der Waals surface area (Å²) in [6.07, 6.45) is 12.0. The summed E-state index contributed by atoms with van der Waals surface area (Å²) in [6, 6.07) is 0. The first-order valence-corrected chi connectivity index (χ1v) is 11.7. The van der Waals surface area contributed by atoms with Crippen molar-refractivity contribution in [3.63, 3.8) is 0 Å². The average molecular weight is 363 g/mol. The normalized spacial score (nSPS) is 54.9. The zero-order valence-corrected chi connectivity index (χ0v) is 17.6. The van der Waals surface area contributed by atoms with Gasteiger partial charge >= 0.3 is 0 Å². The molecule has 0 heterocycles. The molecular weight excluding hydrogens is 320 g/mol. The zero-order valence-electron chi connectivity index (χ0n) is 17.6. The molecule has 0 saturated heterocycles. The number of hydrogen-bond acceptors (Lipinski definition) is 2. The Morgan fingerprint density at radius 2 is 1.77 bits per heavy atom. The Hall–Kier alpha value is -0.0800. The molecule has 0 amide bonds. The Labute approximate surface area is 161 Å². The van der Waals surface area contributed by atoms with Crippen molar-refractivity contribution >= 4 is 0 Å². The number of aliphatic hydroxyl groups is 2. The molecule has 10 atom stereocenters. The molecule has 4 rings (SSSR count). The molecule has 2 heteroatoms. The highest BCUT2D eigenvalue weighted by Crippen LogP contribution is 2.68. The second-order valence-electron chi connectivity index (χ2n) is 11.1. The van der Waals surface area contributed by atoms with E-state index in [1.54, 1.807) is 0 Å². The topological polar surface area (TPSA) is 40.5 Å². The van der Waals surface area contributed by atoms with Crippen LogP contribution in [0, 0.1) is 46.3 Å². The third-order valence-electron chi connectivity index (χ3n) is 10.2. The van der Waals surface area contributed by atoms with Crippen LogP contribution in [0.3, 0.4) is 0 Å². The molecule has 2 N–H and O–H groups in total. The van der Waals surface area contributed by atoms with E-state index in [2.05, 4.69) is 27.7 Å². The van der Waals surface area contributed by atoms with E-state index in [0.717, 1.165) is 12.8 Å². The lowest BCUT2D eigenvalue weighted by Crippen LogP contribution is -2.61. The number of rotatable bonds is 3. The SMILES string of the molecule is CCCC(C)C1CCC2C3C(C[C@H](O)[C@]12C)[C@@]1(C)CCCCC1C[C@H]3O. The standard InChI is InChI=1S/C24H42O2/c1-5-8-15(2)17-10-11-18-22-19(14-21(26)24(17,18)4)23(3)12-7-6-9-16(23)13-20(22)25/h15-22,25-26H,5-14H2,1-4H3/t15?,16?,17?,18?,19?,20-,21+,22?,23+,24-/m1/s1. The first-order chi connectivity index (χ1) is 12.3. The predicted octanol–water partition coefficient (Wildman–Crippen LogP) is 5.41. The maximum Gasteiger partial charge on any atom is 0.0602 e. The highest BCUT2D eigenvalue weighted by Gasteiger charge is 2.65. The fourth-order valence-electron chi connectivity index (χ4n) is 8.84. The maximum absolute atomic E-state index is 11.5. The number of fused-ring (bicyclic) bond motifs is 5. The summed E-state index contributed by atoms with van der Waals surface area (Å²) in [5.41, 5.74) is 0.381. The quantitative estimate of drug-likeness (QED) is 0.704. The molecule has 0 aliphatic heterocycles. The number of aliphatic hydroxyl groups excluding tert-OH is 2. The molecule has 0 bridgehead atoms. The van der Waals surface area contributed by atoms with Gasteiger partial charge < -0.3 is 10.2 Å². The van der Waals surface area contributed by atoms with Gasteiger partial charge in [-0.15, -0.1) is 0 Å². The van der Waals surface area contributed by atoms with Crippen LogP contribution in [0.4, 0.5) is 0 Å². The molecule has 0 spiro atoms. The lowest BCUT2D eigenvalue weighted by atomic mass is 9.43. The van der Waals surface area contributed by atoms with Crippen molar-refractivity contribution in [2.45, 2.75) is 104 Å². The van der Waals surface area contributed by atoms with Gasteiger partial charge in [-0.25, -0.2) is 0 Å². The van der Waals surface area contributed by atoms with E-state index in [-0.39, 0.29) is 17.6 Å². The molecule has 6 unspecified atom stereocenters. The van der Waals surface area contributed by atoms with E-state index in [0.29, 0.717) is 40.9 Å². The van der Waals surface area contributed by atoms with Crippen molar-refractivity contribution in [2.75, 3.05) is 0 Å². The maximum atomic E-state index is 11.5. The molecule has 2 nitrogen and oxygen atoms in total. The molecule has 0 radical (unpaired) electrons. The summed E-state index contributed by atoms with van der Waals surface area (Å²) in [4.78, 5) is 0. The predicted molar refractivity (Wildman–Crippen MR) is 107 cm³/mol. The molecule has 4 saturated carbocycles. The Morgan fingerprint density at radius 1 is 1.00 bits per heavy atom. The van der Waals surface area contributed by atoms with Crippen LogP contribution in [0.1, 0.15) is 91.9 Å². The van der Waals surface area contributed by atoms with Gasteiger partial charge in [0.05, 0.1) is 12.2 Å². The summed E-state index contributed by atoms with van der Waals surface area (Å²) in [5, 5.41) is 22.7. The van der Waals surface area contributed by atoms with Crippen molar-refractivity contribution in [2.24, 2.45) is 46.3 Å². The Balaban J connectivity index is 1.67. The highest BCUT2D eigenvalue weighted by atomic mass is 16.3. The first kappa shape index (κ1) is 19.2. The van der Waals surface area contributed by atoms with Gasteiger partial charge in [0, 0.05) is 0 Å². The Morgan fingerprint density at radius 3 is 2.50 bits per heavy atom. The van der Waals surface area contributed by atoms with Crippen LogP contribution in [0.5, 0.6) is 0 Å². The van der Waals surface area contributed by atoms with E-state index in [9.17, 15) is 10.2 Å². The van der Waals surface area contributed by atoms with E-state index in [1.807, 2.05) is 0 Å². The van der Waals surface area contributed by atoms with Crippen LogP contribution >= 0.6 is 0 Å². The van der Waals surface area contributed by atoms with Crippen LogP contribution in [0.2, 0.25) is 0 Å². The van der Waals surface area contributed by atoms with Crippen molar-refractivity contribution in [1.82, 2.24) is 0 Å². The summed E-state index contributed by atoms with van der Waals surface area (Å²) < 4.78 is 0. The highest BCUT2D eigenvalue weighted by molar-refractivity contribution is 5.14. The molecule has 0 aromatic carbocycles. The van der Waals surface area contributed by atoms with E-state index in [4.69, 9.17) is 0 Å². The van der Waals surface area contributed by atoms with Crippen molar-refractivity contribution in [1.29, 1.82) is 0 Å². The van der Waals surface area contributed by atoms with Gasteiger partial charge in [0.15, 0.2) is 0 Å². The smallest absolute Gasteiger partial charge is 0.0602 e. The molecule has 150 valence electrons. The van der Waals surface area contributed by atoms with Crippen LogP contribution in [-0.4, -0.2) is 22.4 Å². The minimum absolute atomic E-state index is 0.0224. The van der Waals surface area contributed by atoms with Crippen molar-refractivity contribution in [3.8, 4) is 0 Å². The van der Waals surface area contributed by atoms with Crippen LogP contribution in [0.25, 0.3) is 0 Å². The van der Waals surface area contributed by atoms with Gasteiger partial charge in [-0.1, -0.05) is 53.4 Å². The van der Waals surface area contributed by atoms with E-state index < -0.39 is 0 Å². The Bertz CT molecular complexity index is 518. The minimum Gasteiger partial charge on any atom is -0.393 e. The van der Waals surface area contributed by atoms with Crippen molar-refractivity contribution in [3.05, 3.63) is 0 Å². The van der Waals surface area contributed by atoms with E-state index >= 15 is 0 Å². The molecular formula is C24H42O2. The lowest BCUT2D eigenvalue weighted by molar-refractivity contribution is -0.201. The monoisotopic (exact) mass is 362 g/mol. The third kappa shape index (κ3) is 2.57. The Kier molecular flexibility index (Phi) is 5.01. The minimum atomic E-state index is -0.176.